The van der Waals surface area contributed by atoms with Gasteiger partial charge in [-0.3, -0.25) is 4.79 Å². The van der Waals surface area contributed by atoms with Gasteiger partial charge in [0.2, 0.25) is 0 Å². The van der Waals surface area contributed by atoms with Crippen molar-refractivity contribution in [3.8, 4) is 0 Å². The summed E-state index contributed by atoms with van der Waals surface area (Å²) in [5, 5.41) is 8.55. The van der Waals surface area contributed by atoms with Gasteiger partial charge in [-0.1, -0.05) is 6.07 Å². The van der Waals surface area contributed by atoms with Gasteiger partial charge in [-0.15, -0.1) is 10.2 Å². The van der Waals surface area contributed by atoms with Crippen LogP contribution in [0.5, 0.6) is 0 Å². The molecule has 0 N–H and O–H groups in total. The molecule has 0 bridgehead atoms. The third-order valence-corrected chi connectivity index (χ3v) is 4.71. The van der Waals surface area contributed by atoms with Crippen LogP contribution < -0.4 is 0 Å². The molecule has 0 saturated carbocycles. The van der Waals surface area contributed by atoms with Crippen LogP contribution in [-0.4, -0.2) is 57.7 Å². The van der Waals surface area contributed by atoms with Crippen molar-refractivity contribution in [3.05, 3.63) is 47.0 Å². The standard InChI is InChI=1S/C18H23F2N5O/c1-23(2)11-15-21-22-17(24(15)3)12-6-5-9-25(10-12)18(26)13-7-4-8-14(19)16(13)20/h4,7-8,12H,5-6,9-11H2,1-3H3. The fourth-order valence-electron chi connectivity index (χ4n) is 3.36. The largest absolute Gasteiger partial charge is 0.338 e. The molecule has 1 aromatic carbocycles. The predicted octanol–water partition coefficient (Wildman–Crippen LogP) is 2.17. The van der Waals surface area contributed by atoms with Gasteiger partial charge in [0.25, 0.3) is 5.91 Å². The van der Waals surface area contributed by atoms with Gasteiger partial charge < -0.3 is 14.4 Å². The molecule has 2 aromatic rings. The van der Waals surface area contributed by atoms with E-state index in [0.717, 1.165) is 30.6 Å². The van der Waals surface area contributed by atoms with Crippen LogP contribution in [0.1, 0.15) is 40.8 Å². The monoisotopic (exact) mass is 363 g/mol. The molecule has 1 saturated heterocycles. The highest BCUT2D eigenvalue weighted by molar-refractivity contribution is 5.94. The normalized spacial score (nSPS) is 17.8. The Kier molecular flexibility index (Phi) is 5.31. The molecule has 2 heterocycles. The van der Waals surface area contributed by atoms with Gasteiger partial charge in [-0.05, 0) is 39.1 Å². The lowest BCUT2D eigenvalue weighted by Gasteiger charge is -2.32. The number of nitrogens with zero attached hydrogens (tertiary/aromatic N) is 5. The molecular weight excluding hydrogens is 340 g/mol. The minimum atomic E-state index is -1.09. The number of likely N-dealkylation sites (tertiary alicyclic amines) is 1. The zero-order chi connectivity index (χ0) is 18.8. The van der Waals surface area contributed by atoms with E-state index in [0.29, 0.717) is 19.6 Å². The average Bonchev–Trinajstić information content (AvgIpc) is 2.97. The summed E-state index contributed by atoms with van der Waals surface area (Å²) in [6.07, 6.45) is 1.66. The van der Waals surface area contributed by atoms with E-state index in [9.17, 15) is 13.6 Å². The lowest BCUT2D eigenvalue weighted by atomic mass is 9.96. The number of amides is 1. The van der Waals surface area contributed by atoms with Crippen molar-refractivity contribution in [2.45, 2.75) is 25.3 Å². The number of hydrogen-bond acceptors (Lipinski definition) is 4. The van der Waals surface area contributed by atoms with Gasteiger partial charge in [0, 0.05) is 26.1 Å². The maximum absolute atomic E-state index is 14.0. The average molecular weight is 363 g/mol. The highest BCUT2D eigenvalue weighted by atomic mass is 19.2. The molecule has 1 aliphatic rings. The van der Waals surface area contributed by atoms with E-state index < -0.39 is 17.5 Å². The van der Waals surface area contributed by atoms with Crippen LogP contribution >= 0.6 is 0 Å². The van der Waals surface area contributed by atoms with Crippen LogP contribution in [0.15, 0.2) is 18.2 Å². The number of carbonyl (C=O) groups is 1. The van der Waals surface area contributed by atoms with Gasteiger partial charge in [0.05, 0.1) is 12.1 Å². The second-order valence-electron chi connectivity index (χ2n) is 6.96. The van der Waals surface area contributed by atoms with Crippen molar-refractivity contribution in [1.29, 1.82) is 0 Å². The Labute approximate surface area is 151 Å². The topological polar surface area (TPSA) is 54.3 Å². The molecule has 140 valence electrons. The van der Waals surface area contributed by atoms with Crippen LogP contribution in [0.3, 0.4) is 0 Å². The van der Waals surface area contributed by atoms with Crippen molar-refractivity contribution in [2.24, 2.45) is 7.05 Å². The number of rotatable bonds is 4. The van der Waals surface area contributed by atoms with Crippen LogP contribution in [-0.2, 0) is 13.6 Å². The van der Waals surface area contributed by atoms with Gasteiger partial charge >= 0.3 is 0 Å². The van der Waals surface area contributed by atoms with Crippen LogP contribution in [0.4, 0.5) is 8.78 Å². The Morgan fingerprint density at radius 2 is 2.08 bits per heavy atom. The van der Waals surface area contributed by atoms with Crippen LogP contribution in [0, 0.1) is 11.6 Å². The maximum Gasteiger partial charge on any atom is 0.256 e. The predicted molar refractivity (Wildman–Crippen MR) is 92.6 cm³/mol. The van der Waals surface area contributed by atoms with Gasteiger partial charge in [-0.2, -0.15) is 0 Å². The molecule has 1 fully saturated rings. The lowest BCUT2D eigenvalue weighted by molar-refractivity contribution is 0.0697. The fraction of sp³-hybridized carbons (Fsp3) is 0.500. The summed E-state index contributed by atoms with van der Waals surface area (Å²) in [7, 11) is 5.84. The second kappa shape index (κ2) is 7.49. The molecule has 0 radical (unpaired) electrons. The first kappa shape index (κ1) is 18.4. The molecule has 1 atom stereocenters. The summed E-state index contributed by atoms with van der Waals surface area (Å²) >= 11 is 0. The van der Waals surface area contributed by atoms with E-state index in [2.05, 4.69) is 10.2 Å². The molecule has 1 amide bonds. The van der Waals surface area contributed by atoms with Crippen LogP contribution in [0.25, 0.3) is 0 Å². The van der Waals surface area contributed by atoms with Gasteiger partial charge in [0.15, 0.2) is 11.6 Å². The zero-order valence-electron chi connectivity index (χ0n) is 15.2. The quantitative estimate of drug-likeness (QED) is 0.836. The third kappa shape index (κ3) is 3.60. The zero-order valence-corrected chi connectivity index (χ0v) is 15.2. The fourth-order valence-corrected chi connectivity index (χ4v) is 3.36. The highest BCUT2D eigenvalue weighted by Gasteiger charge is 2.30. The van der Waals surface area contributed by atoms with E-state index in [4.69, 9.17) is 0 Å². The molecule has 1 aromatic heterocycles. The molecule has 0 spiro atoms. The van der Waals surface area contributed by atoms with E-state index in [1.807, 2.05) is 30.6 Å². The van der Waals surface area contributed by atoms with Crippen molar-refractivity contribution in [3.63, 3.8) is 0 Å². The van der Waals surface area contributed by atoms with Gasteiger partial charge in [0.1, 0.15) is 11.6 Å². The first-order valence-electron chi connectivity index (χ1n) is 8.64. The number of benzene rings is 1. The minimum Gasteiger partial charge on any atom is -0.338 e. The number of carbonyl (C=O) groups excluding carboxylic acids is 1. The lowest BCUT2D eigenvalue weighted by Crippen LogP contribution is -2.40. The maximum atomic E-state index is 14.0. The Hall–Kier alpha value is -2.35. The Morgan fingerprint density at radius 3 is 2.81 bits per heavy atom. The SMILES string of the molecule is CN(C)Cc1nnc(C2CCCN(C(=O)c3cccc(F)c3F)C2)n1C. The summed E-state index contributed by atoms with van der Waals surface area (Å²) in [5.41, 5.74) is -0.225. The molecule has 1 aliphatic heterocycles. The highest BCUT2D eigenvalue weighted by Crippen LogP contribution is 2.27. The minimum absolute atomic E-state index is 0.0257. The summed E-state index contributed by atoms with van der Waals surface area (Å²) in [6.45, 7) is 1.61. The van der Waals surface area contributed by atoms with E-state index in [-0.39, 0.29) is 11.5 Å². The van der Waals surface area contributed by atoms with Crippen LogP contribution in [0.2, 0.25) is 0 Å². The number of halogens is 2. The smallest absolute Gasteiger partial charge is 0.256 e. The number of aromatic nitrogens is 3. The molecule has 26 heavy (non-hydrogen) atoms. The Bertz CT molecular complexity index is 805. The number of hydrogen-bond donors (Lipinski definition) is 0. The first-order valence-corrected chi connectivity index (χ1v) is 8.64. The summed E-state index contributed by atoms with van der Waals surface area (Å²) in [4.78, 5) is 16.2. The number of piperidine rings is 1. The van der Waals surface area contributed by atoms with Crippen molar-refractivity contribution < 1.29 is 13.6 Å². The summed E-state index contributed by atoms with van der Waals surface area (Å²) in [5.74, 6) is -0.888. The second-order valence-corrected chi connectivity index (χ2v) is 6.96. The molecule has 0 aliphatic carbocycles. The molecule has 6 nitrogen and oxygen atoms in total. The van der Waals surface area contributed by atoms with Crippen molar-refractivity contribution in [1.82, 2.24) is 24.6 Å². The molecule has 1 unspecified atom stereocenters. The van der Waals surface area contributed by atoms with E-state index in [1.54, 1.807) is 4.90 Å². The Balaban J connectivity index is 1.78. The summed E-state index contributed by atoms with van der Waals surface area (Å²) in [6, 6.07) is 3.68. The molecule has 8 heteroatoms. The van der Waals surface area contributed by atoms with Gasteiger partial charge in [-0.25, -0.2) is 8.78 Å². The summed E-state index contributed by atoms with van der Waals surface area (Å²) < 4.78 is 29.4. The van der Waals surface area contributed by atoms with Crippen molar-refractivity contribution in [2.75, 3.05) is 27.2 Å². The van der Waals surface area contributed by atoms with E-state index >= 15 is 0 Å². The molecule has 3 rings (SSSR count). The molecular formula is C18H23F2N5O. The van der Waals surface area contributed by atoms with E-state index in [1.165, 1.54) is 12.1 Å². The third-order valence-electron chi connectivity index (χ3n) is 4.71. The van der Waals surface area contributed by atoms with Crippen molar-refractivity contribution >= 4 is 5.91 Å². The Morgan fingerprint density at radius 1 is 1.31 bits per heavy atom. The first-order chi connectivity index (χ1) is 12.4.